The lowest BCUT2D eigenvalue weighted by Gasteiger charge is -2.26. The van der Waals surface area contributed by atoms with E-state index in [0.29, 0.717) is 32.1 Å². The summed E-state index contributed by atoms with van der Waals surface area (Å²) in [4.78, 5) is 15.1. The van der Waals surface area contributed by atoms with Gasteiger partial charge in [0.15, 0.2) is 0 Å². The molecular weight excluding hydrogens is 258 g/mol. The van der Waals surface area contributed by atoms with Gasteiger partial charge in [-0.1, -0.05) is 30.3 Å². The summed E-state index contributed by atoms with van der Waals surface area (Å²) in [6.07, 6.45) is 0. The van der Waals surface area contributed by atoms with Crippen LogP contribution in [0.2, 0.25) is 0 Å². The quantitative estimate of drug-likeness (QED) is 0.798. The van der Waals surface area contributed by atoms with Crippen molar-refractivity contribution in [3.63, 3.8) is 0 Å². The molecule has 0 bridgehead atoms. The van der Waals surface area contributed by atoms with Crippen LogP contribution in [0, 0.1) is 0 Å². The number of hydrogen-bond donors (Lipinski definition) is 0. The molecule has 3 rings (SSSR count). The van der Waals surface area contributed by atoms with Gasteiger partial charge in [-0.15, -0.1) is 10.2 Å². The minimum absolute atomic E-state index is 0.00897. The first-order chi connectivity index (χ1) is 9.83. The summed E-state index contributed by atoms with van der Waals surface area (Å²) < 4.78 is 5.22. The number of carbonyl (C=O) groups is 1. The maximum absolute atomic E-state index is 12.1. The molecule has 0 aliphatic carbocycles. The molecule has 1 aromatic heterocycles. The van der Waals surface area contributed by atoms with Gasteiger partial charge in [0, 0.05) is 18.7 Å². The zero-order valence-electron chi connectivity index (χ0n) is 11.0. The highest BCUT2D eigenvalue weighted by Gasteiger charge is 2.18. The highest BCUT2D eigenvalue weighted by Crippen LogP contribution is 2.11. The van der Waals surface area contributed by atoms with Crippen molar-refractivity contribution in [3.05, 3.63) is 30.3 Å². The van der Waals surface area contributed by atoms with Gasteiger partial charge in [-0.05, 0) is 5.21 Å². The number of amides is 1. The fourth-order valence-electron chi connectivity index (χ4n) is 2.05. The molecule has 0 saturated carbocycles. The Morgan fingerprint density at radius 2 is 1.95 bits per heavy atom. The van der Waals surface area contributed by atoms with E-state index in [1.807, 2.05) is 30.3 Å². The summed E-state index contributed by atoms with van der Waals surface area (Å²) in [5.74, 6) is 0.519. The maximum Gasteiger partial charge on any atom is 0.246 e. The molecule has 1 aliphatic rings. The molecule has 0 atom stereocenters. The Kier molecular flexibility index (Phi) is 3.69. The number of benzene rings is 1. The van der Waals surface area contributed by atoms with Crippen molar-refractivity contribution in [3.8, 4) is 11.4 Å². The first-order valence-electron chi connectivity index (χ1n) is 6.52. The molecule has 1 amide bonds. The molecule has 0 unspecified atom stereocenters. The van der Waals surface area contributed by atoms with E-state index in [-0.39, 0.29) is 12.5 Å². The first kappa shape index (κ1) is 12.7. The number of nitrogens with zero attached hydrogens (tertiary/aromatic N) is 5. The Morgan fingerprint density at radius 3 is 2.70 bits per heavy atom. The zero-order chi connectivity index (χ0) is 13.8. The third-order valence-electron chi connectivity index (χ3n) is 3.13. The number of rotatable bonds is 3. The van der Waals surface area contributed by atoms with E-state index in [0.717, 1.165) is 5.56 Å². The summed E-state index contributed by atoms with van der Waals surface area (Å²) in [6.45, 7) is 2.54. The number of tetrazole rings is 1. The van der Waals surface area contributed by atoms with Crippen molar-refractivity contribution in [2.45, 2.75) is 6.54 Å². The van der Waals surface area contributed by atoms with E-state index in [1.165, 1.54) is 4.80 Å². The molecule has 7 heteroatoms. The zero-order valence-corrected chi connectivity index (χ0v) is 11.0. The van der Waals surface area contributed by atoms with Crippen molar-refractivity contribution in [2.75, 3.05) is 26.3 Å². The second-order valence-electron chi connectivity index (χ2n) is 4.50. The smallest absolute Gasteiger partial charge is 0.246 e. The first-order valence-corrected chi connectivity index (χ1v) is 6.52. The molecule has 0 spiro atoms. The van der Waals surface area contributed by atoms with Gasteiger partial charge in [0.05, 0.1) is 13.2 Å². The van der Waals surface area contributed by atoms with Crippen LogP contribution in [-0.2, 0) is 16.1 Å². The summed E-state index contributed by atoms with van der Waals surface area (Å²) >= 11 is 0. The van der Waals surface area contributed by atoms with Crippen molar-refractivity contribution in [2.24, 2.45) is 0 Å². The molecule has 1 saturated heterocycles. The molecule has 0 N–H and O–H groups in total. The third-order valence-corrected chi connectivity index (χ3v) is 3.13. The summed E-state index contributed by atoms with van der Waals surface area (Å²) in [7, 11) is 0. The molecule has 1 fully saturated rings. The van der Waals surface area contributed by atoms with Crippen molar-refractivity contribution >= 4 is 5.91 Å². The summed E-state index contributed by atoms with van der Waals surface area (Å²) in [5, 5.41) is 12.1. The van der Waals surface area contributed by atoms with Gasteiger partial charge in [0.2, 0.25) is 11.7 Å². The van der Waals surface area contributed by atoms with Gasteiger partial charge in [0.1, 0.15) is 6.54 Å². The molecule has 0 radical (unpaired) electrons. The molecule has 104 valence electrons. The van der Waals surface area contributed by atoms with E-state index in [1.54, 1.807) is 4.90 Å². The van der Waals surface area contributed by atoms with Gasteiger partial charge in [-0.3, -0.25) is 4.79 Å². The number of aromatic nitrogens is 4. The molecule has 2 aromatic rings. The van der Waals surface area contributed by atoms with Crippen LogP contribution in [0.4, 0.5) is 0 Å². The standard InChI is InChI=1S/C13H15N5O2/c19-12(17-6-8-20-9-7-17)10-18-15-13(14-16-18)11-4-2-1-3-5-11/h1-5H,6-10H2. The van der Waals surface area contributed by atoms with Crippen LogP contribution < -0.4 is 0 Å². The minimum Gasteiger partial charge on any atom is -0.378 e. The Bertz CT molecular complexity index is 577. The maximum atomic E-state index is 12.1. The average Bonchev–Trinajstić information content (AvgIpc) is 2.97. The predicted molar refractivity (Wildman–Crippen MR) is 70.7 cm³/mol. The number of carbonyl (C=O) groups excluding carboxylic acids is 1. The van der Waals surface area contributed by atoms with E-state index >= 15 is 0 Å². The minimum atomic E-state index is -0.00897. The number of hydrogen-bond acceptors (Lipinski definition) is 5. The Labute approximate surface area is 116 Å². The van der Waals surface area contributed by atoms with E-state index < -0.39 is 0 Å². The molecule has 20 heavy (non-hydrogen) atoms. The van der Waals surface area contributed by atoms with Gasteiger partial charge < -0.3 is 9.64 Å². The topological polar surface area (TPSA) is 73.1 Å². The molecule has 1 aromatic carbocycles. The van der Waals surface area contributed by atoms with Crippen LogP contribution in [0.1, 0.15) is 0 Å². The highest BCUT2D eigenvalue weighted by molar-refractivity contribution is 5.75. The van der Waals surface area contributed by atoms with E-state index in [4.69, 9.17) is 4.74 Å². The lowest BCUT2D eigenvalue weighted by atomic mass is 10.2. The van der Waals surface area contributed by atoms with Crippen LogP contribution in [0.25, 0.3) is 11.4 Å². The fraction of sp³-hybridized carbons (Fsp3) is 0.385. The van der Waals surface area contributed by atoms with Gasteiger partial charge in [-0.2, -0.15) is 4.80 Å². The predicted octanol–water partition coefficient (Wildman–Crippen LogP) is 0.199. The van der Waals surface area contributed by atoms with Crippen molar-refractivity contribution in [1.29, 1.82) is 0 Å². The van der Waals surface area contributed by atoms with Crippen LogP contribution in [0.3, 0.4) is 0 Å². The Morgan fingerprint density at radius 1 is 1.20 bits per heavy atom. The number of morpholine rings is 1. The van der Waals surface area contributed by atoms with Crippen LogP contribution in [0.5, 0.6) is 0 Å². The lowest BCUT2D eigenvalue weighted by Crippen LogP contribution is -2.42. The molecule has 1 aliphatic heterocycles. The fourth-order valence-corrected chi connectivity index (χ4v) is 2.05. The van der Waals surface area contributed by atoms with Crippen LogP contribution in [-0.4, -0.2) is 57.3 Å². The third kappa shape index (κ3) is 2.83. The van der Waals surface area contributed by atoms with E-state index in [2.05, 4.69) is 15.4 Å². The monoisotopic (exact) mass is 273 g/mol. The largest absolute Gasteiger partial charge is 0.378 e. The summed E-state index contributed by atoms with van der Waals surface area (Å²) in [6, 6.07) is 9.57. The molecule has 7 nitrogen and oxygen atoms in total. The van der Waals surface area contributed by atoms with Gasteiger partial charge in [0.25, 0.3) is 0 Å². The van der Waals surface area contributed by atoms with Crippen molar-refractivity contribution < 1.29 is 9.53 Å². The van der Waals surface area contributed by atoms with E-state index in [9.17, 15) is 4.79 Å². The molecular formula is C13H15N5O2. The van der Waals surface area contributed by atoms with Gasteiger partial charge >= 0.3 is 0 Å². The normalized spacial score (nSPS) is 15.3. The summed E-state index contributed by atoms with van der Waals surface area (Å²) in [5.41, 5.74) is 0.887. The van der Waals surface area contributed by atoms with Crippen molar-refractivity contribution in [1.82, 2.24) is 25.1 Å². The second kappa shape index (κ2) is 5.79. The van der Waals surface area contributed by atoms with Crippen LogP contribution >= 0.6 is 0 Å². The van der Waals surface area contributed by atoms with Gasteiger partial charge in [-0.25, -0.2) is 0 Å². The lowest BCUT2D eigenvalue weighted by molar-refractivity contribution is -0.136. The Balaban J connectivity index is 1.66. The highest BCUT2D eigenvalue weighted by atomic mass is 16.5. The SMILES string of the molecule is O=C(Cn1nnc(-c2ccccc2)n1)N1CCOCC1. The molecule has 2 heterocycles. The average molecular weight is 273 g/mol. The second-order valence-corrected chi connectivity index (χ2v) is 4.50. The van der Waals surface area contributed by atoms with Crippen LogP contribution in [0.15, 0.2) is 30.3 Å². The number of ether oxygens (including phenoxy) is 1. The Hall–Kier alpha value is -2.28.